The van der Waals surface area contributed by atoms with Crippen molar-refractivity contribution in [2.24, 2.45) is 4.99 Å². The lowest BCUT2D eigenvalue weighted by molar-refractivity contribution is 0.457. The number of aromatic nitrogens is 1. The lowest BCUT2D eigenvalue weighted by Gasteiger charge is -2.12. The van der Waals surface area contributed by atoms with E-state index in [4.69, 9.17) is 10.7 Å². The van der Waals surface area contributed by atoms with Gasteiger partial charge in [-0.2, -0.15) is 0 Å². The molecule has 0 saturated carbocycles. The Hall–Kier alpha value is -3.53. The quantitative estimate of drug-likeness (QED) is 0.353. The number of rotatable bonds is 3. The molecular formula is C24H21N3O. The molecule has 1 heterocycles. The molecule has 0 amide bonds. The van der Waals surface area contributed by atoms with Crippen LogP contribution >= 0.6 is 0 Å². The summed E-state index contributed by atoms with van der Waals surface area (Å²) < 4.78 is 0. The fourth-order valence-corrected chi connectivity index (χ4v) is 4.14. The minimum atomic E-state index is 0.0804. The molecule has 4 aromatic rings. The van der Waals surface area contributed by atoms with E-state index in [1.54, 1.807) is 0 Å². The Bertz CT molecular complexity index is 1190. The van der Waals surface area contributed by atoms with Gasteiger partial charge in [-0.15, -0.1) is 0 Å². The number of fused-ring (bicyclic) bond motifs is 2. The smallest absolute Gasteiger partial charge is 0.199 e. The lowest BCUT2D eigenvalue weighted by Crippen LogP contribution is -2.06. The van der Waals surface area contributed by atoms with Crippen molar-refractivity contribution >= 4 is 22.3 Å². The minimum absolute atomic E-state index is 0.0804. The van der Waals surface area contributed by atoms with Crippen molar-refractivity contribution in [3.8, 4) is 5.88 Å². The first kappa shape index (κ1) is 16.6. The third-order valence-electron chi connectivity index (χ3n) is 5.47. The normalized spacial score (nSPS) is 16.4. The predicted octanol–water partition coefficient (Wildman–Crippen LogP) is 4.98. The van der Waals surface area contributed by atoms with Crippen LogP contribution in [0.5, 0.6) is 5.88 Å². The zero-order chi connectivity index (χ0) is 19.1. The zero-order valence-electron chi connectivity index (χ0n) is 15.4. The Balaban J connectivity index is 1.74. The second-order valence-electron chi connectivity index (χ2n) is 7.25. The van der Waals surface area contributed by atoms with Gasteiger partial charge >= 0.3 is 0 Å². The molecule has 0 bridgehead atoms. The van der Waals surface area contributed by atoms with Crippen LogP contribution in [0.25, 0.3) is 10.9 Å². The number of hydrogen-bond acceptors (Lipinski definition) is 3. The number of nitrogens with zero attached hydrogens (tertiary/aromatic N) is 1. The summed E-state index contributed by atoms with van der Waals surface area (Å²) in [5.41, 5.74) is 12.6. The highest BCUT2D eigenvalue weighted by Gasteiger charge is 2.25. The van der Waals surface area contributed by atoms with Gasteiger partial charge in [-0.05, 0) is 42.2 Å². The Labute approximate surface area is 163 Å². The fourth-order valence-electron chi connectivity index (χ4n) is 4.14. The van der Waals surface area contributed by atoms with Crippen LogP contribution in [-0.2, 0) is 6.42 Å². The SMILES string of the molecule is Nc1ccc2[nH]c(O)c(C(=N[C@@H]3CCc4ccccc43)c3ccccc3)c2c1. The predicted molar refractivity (Wildman–Crippen MR) is 114 cm³/mol. The van der Waals surface area contributed by atoms with Gasteiger partial charge in [-0.1, -0.05) is 54.6 Å². The van der Waals surface area contributed by atoms with Crippen LogP contribution in [0.15, 0.2) is 77.8 Å². The Morgan fingerprint density at radius 1 is 1.00 bits per heavy atom. The Kier molecular flexibility index (Phi) is 3.90. The monoisotopic (exact) mass is 367 g/mol. The number of aromatic hydroxyl groups is 1. The summed E-state index contributed by atoms with van der Waals surface area (Å²) in [6.07, 6.45) is 2.00. The number of anilines is 1. The molecule has 1 atom stereocenters. The molecule has 1 aromatic heterocycles. The molecule has 3 aromatic carbocycles. The van der Waals surface area contributed by atoms with Crippen molar-refractivity contribution in [1.82, 2.24) is 4.98 Å². The molecule has 0 aliphatic heterocycles. The number of benzene rings is 3. The van der Waals surface area contributed by atoms with E-state index in [1.807, 2.05) is 48.5 Å². The van der Waals surface area contributed by atoms with E-state index in [9.17, 15) is 5.11 Å². The van der Waals surface area contributed by atoms with E-state index >= 15 is 0 Å². The molecule has 0 radical (unpaired) electrons. The van der Waals surface area contributed by atoms with Gasteiger partial charge in [0.15, 0.2) is 5.88 Å². The molecule has 0 saturated heterocycles. The maximum absolute atomic E-state index is 10.7. The third kappa shape index (κ3) is 2.74. The van der Waals surface area contributed by atoms with Crippen LogP contribution in [0.1, 0.15) is 34.7 Å². The standard InChI is InChI=1S/C24H21N3O/c25-17-11-13-21-19(14-17)22(24(28)27-21)23(16-7-2-1-3-8-16)26-20-12-10-15-6-4-5-9-18(15)20/h1-9,11,13-14,20,27-28H,10,12,25H2/t20-/m1/s1. The van der Waals surface area contributed by atoms with Gasteiger partial charge in [-0.25, -0.2) is 0 Å². The molecule has 0 unspecified atom stereocenters. The number of nitrogens with two attached hydrogens (primary N) is 1. The highest BCUT2D eigenvalue weighted by atomic mass is 16.3. The van der Waals surface area contributed by atoms with Crippen LogP contribution in [0.3, 0.4) is 0 Å². The van der Waals surface area contributed by atoms with E-state index in [-0.39, 0.29) is 11.9 Å². The minimum Gasteiger partial charge on any atom is -0.494 e. The van der Waals surface area contributed by atoms with Crippen molar-refractivity contribution in [3.05, 3.63) is 95.1 Å². The summed E-state index contributed by atoms with van der Waals surface area (Å²) in [5, 5.41) is 11.6. The van der Waals surface area contributed by atoms with Crippen molar-refractivity contribution in [3.63, 3.8) is 0 Å². The number of aryl methyl sites for hydroxylation is 1. The summed E-state index contributed by atoms with van der Waals surface area (Å²) in [6, 6.07) is 24.2. The van der Waals surface area contributed by atoms with Gasteiger partial charge in [0.1, 0.15) is 0 Å². The molecule has 1 aliphatic rings. The van der Waals surface area contributed by atoms with Gasteiger partial charge < -0.3 is 15.8 Å². The van der Waals surface area contributed by atoms with Crippen LogP contribution < -0.4 is 5.73 Å². The van der Waals surface area contributed by atoms with Crippen LogP contribution in [0, 0.1) is 0 Å². The van der Waals surface area contributed by atoms with Crippen LogP contribution in [-0.4, -0.2) is 15.8 Å². The number of hydrogen-bond donors (Lipinski definition) is 3. The molecule has 0 fully saturated rings. The molecule has 1 aliphatic carbocycles. The second kappa shape index (κ2) is 6.57. The van der Waals surface area contributed by atoms with E-state index in [2.05, 4.69) is 29.2 Å². The van der Waals surface area contributed by atoms with Crippen molar-refractivity contribution < 1.29 is 5.11 Å². The van der Waals surface area contributed by atoms with Gasteiger partial charge in [0.25, 0.3) is 0 Å². The summed E-state index contributed by atoms with van der Waals surface area (Å²) in [4.78, 5) is 8.23. The van der Waals surface area contributed by atoms with Gasteiger partial charge in [0.2, 0.25) is 0 Å². The first-order valence-corrected chi connectivity index (χ1v) is 9.52. The highest BCUT2D eigenvalue weighted by molar-refractivity contribution is 6.21. The largest absolute Gasteiger partial charge is 0.494 e. The van der Waals surface area contributed by atoms with Gasteiger partial charge in [0.05, 0.1) is 17.3 Å². The van der Waals surface area contributed by atoms with Gasteiger partial charge in [0, 0.05) is 22.2 Å². The first-order valence-electron chi connectivity index (χ1n) is 9.52. The molecular weight excluding hydrogens is 346 g/mol. The van der Waals surface area contributed by atoms with E-state index in [0.717, 1.165) is 35.0 Å². The van der Waals surface area contributed by atoms with E-state index in [0.29, 0.717) is 11.3 Å². The molecule has 138 valence electrons. The van der Waals surface area contributed by atoms with Crippen LogP contribution in [0.4, 0.5) is 5.69 Å². The molecule has 28 heavy (non-hydrogen) atoms. The van der Waals surface area contributed by atoms with E-state index < -0.39 is 0 Å². The molecule has 5 rings (SSSR count). The average molecular weight is 367 g/mol. The average Bonchev–Trinajstić information content (AvgIpc) is 3.27. The highest BCUT2D eigenvalue weighted by Crippen LogP contribution is 2.37. The Morgan fingerprint density at radius 3 is 2.64 bits per heavy atom. The summed E-state index contributed by atoms with van der Waals surface area (Å²) in [5.74, 6) is 0.120. The first-order chi connectivity index (χ1) is 13.7. The summed E-state index contributed by atoms with van der Waals surface area (Å²) in [6.45, 7) is 0. The number of nitrogen functional groups attached to an aromatic ring is 1. The van der Waals surface area contributed by atoms with Crippen molar-refractivity contribution in [2.75, 3.05) is 5.73 Å². The maximum atomic E-state index is 10.7. The molecule has 4 heteroatoms. The summed E-state index contributed by atoms with van der Waals surface area (Å²) >= 11 is 0. The molecule has 0 spiro atoms. The topological polar surface area (TPSA) is 74.4 Å². The summed E-state index contributed by atoms with van der Waals surface area (Å²) in [7, 11) is 0. The number of H-pyrrole nitrogens is 1. The van der Waals surface area contributed by atoms with Gasteiger partial charge in [-0.3, -0.25) is 4.99 Å². The second-order valence-corrected chi connectivity index (χ2v) is 7.25. The third-order valence-corrected chi connectivity index (χ3v) is 5.47. The number of aliphatic imine (C=N–C) groups is 1. The zero-order valence-corrected chi connectivity index (χ0v) is 15.4. The number of nitrogens with one attached hydrogen (secondary N) is 1. The van der Waals surface area contributed by atoms with Crippen molar-refractivity contribution in [1.29, 1.82) is 0 Å². The maximum Gasteiger partial charge on any atom is 0.199 e. The Morgan fingerprint density at radius 2 is 1.79 bits per heavy atom. The van der Waals surface area contributed by atoms with Crippen molar-refractivity contribution in [2.45, 2.75) is 18.9 Å². The molecule has 4 N–H and O–H groups in total. The fraction of sp³-hybridized carbons (Fsp3) is 0.125. The molecule has 4 nitrogen and oxygen atoms in total. The van der Waals surface area contributed by atoms with E-state index in [1.165, 1.54) is 11.1 Å². The van der Waals surface area contributed by atoms with Crippen LogP contribution in [0.2, 0.25) is 0 Å². The number of aromatic amines is 1. The lowest BCUT2D eigenvalue weighted by atomic mass is 9.99.